The molecule has 2 fully saturated rings. The molecule has 2 bridgehead atoms. The Kier molecular flexibility index (Phi) is 4.74. The predicted molar refractivity (Wildman–Crippen MR) is 110 cm³/mol. The van der Waals surface area contributed by atoms with E-state index >= 15 is 0 Å². The van der Waals surface area contributed by atoms with E-state index in [-0.39, 0.29) is 23.4 Å². The zero-order valence-electron chi connectivity index (χ0n) is 16.9. The summed E-state index contributed by atoms with van der Waals surface area (Å²) >= 11 is 0. The van der Waals surface area contributed by atoms with Crippen LogP contribution in [-0.4, -0.2) is 51.1 Å². The number of sulfonamides is 1. The number of fused-ring (bicyclic) bond motifs is 2. The zero-order chi connectivity index (χ0) is 20.9. The second-order valence-corrected chi connectivity index (χ2v) is 10.2. The molecule has 3 atom stereocenters. The molecule has 158 valence electrons. The van der Waals surface area contributed by atoms with Gasteiger partial charge >= 0.3 is 0 Å². The van der Waals surface area contributed by atoms with E-state index in [0.29, 0.717) is 35.9 Å². The highest BCUT2D eigenvalue weighted by atomic mass is 32.2. The Labute approximate surface area is 176 Å². The largest absolute Gasteiger partial charge is 0.474 e. The summed E-state index contributed by atoms with van der Waals surface area (Å²) in [4.78, 5) is 12.8. The Morgan fingerprint density at radius 3 is 2.40 bits per heavy atom. The normalized spacial score (nSPS) is 26.0. The minimum Gasteiger partial charge on any atom is -0.474 e. The van der Waals surface area contributed by atoms with Gasteiger partial charge in [-0.05, 0) is 38.8 Å². The van der Waals surface area contributed by atoms with Crippen LogP contribution in [0, 0.1) is 13.8 Å². The van der Waals surface area contributed by atoms with Gasteiger partial charge in [-0.1, -0.05) is 12.2 Å². The first-order valence-electron chi connectivity index (χ1n) is 10.2. The van der Waals surface area contributed by atoms with Crippen molar-refractivity contribution in [3.05, 3.63) is 48.1 Å². The van der Waals surface area contributed by atoms with E-state index in [1.165, 1.54) is 6.33 Å². The Morgan fingerprint density at radius 1 is 1.03 bits per heavy atom. The lowest BCUT2D eigenvalue weighted by atomic mass is 10.0. The number of aryl methyl sites for hydroxylation is 1. The van der Waals surface area contributed by atoms with Crippen molar-refractivity contribution < 1.29 is 17.9 Å². The van der Waals surface area contributed by atoms with Crippen molar-refractivity contribution in [3.63, 3.8) is 0 Å². The van der Waals surface area contributed by atoms with Crippen LogP contribution >= 0.6 is 0 Å². The standard InChI is InChI=1S/C21H24N4O4S/c1-13-20(23-12-24-21(13)29-19-4-3-9-22-14(19)2)28-17-10-15-5-6-16(11-17)25(15)30(26,27)18-7-8-18/h3-6,9,12,15-18H,7-8,10-11H2,1-2H3/t15-,16?,17?/m0/s1. The molecule has 0 N–H and O–H groups in total. The lowest BCUT2D eigenvalue weighted by Crippen LogP contribution is -2.50. The predicted octanol–water partition coefficient (Wildman–Crippen LogP) is 2.92. The molecule has 1 saturated carbocycles. The van der Waals surface area contributed by atoms with Crippen molar-refractivity contribution in [2.75, 3.05) is 0 Å². The number of piperidine rings is 1. The molecule has 1 aliphatic carbocycles. The molecular formula is C21H24N4O4S. The molecule has 0 radical (unpaired) electrons. The monoisotopic (exact) mass is 428 g/mol. The first kappa shape index (κ1) is 19.4. The summed E-state index contributed by atoms with van der Waals surface area (Å²) in [5.74, 6) is 1.52. The summed E-state index contributed by atoms with van der Waals surface area (Å²) in [6, 6.07) is 3.36. The molecule has 5 rings (SSSR count). The number of ether oxygens (including phenoxy) is 2. The first-order chi connectivity index (χ1) is 14.4. The van der Waals surface area contributed by atoms with Gasteiger partial charge in [0.25, 0.3) is 0 Å². The van der Waals surface area contributed by atoms with Crippen molar-refractivity contribution in [2.45, 2.75) is 63.0 Å². The van der Waals surface area contributed by atoms with Crippen LogP contribution in [0.1, 0.15) is 36.9 Å². The molecule has 8 nitrogen and oxygen atoms in total. The average molecular weight is 429 g/mol. The van der Waals surface area contributed by atoms with Crippen molar-refractivity contribution in [2.24, 2.45) is 0 Å². The van der Waals surface area contributed by atoms with Crippen molar-refractivity contribution >= 4 is 10.0 Å². The van der Waals surface area contributed by atoms with Gasteiger partial charge in [0.1, 0.15) is 12.4 Å². The average Bonchev–Trinajstić information content (AvgIpc) is 3.53. The zero-order valence-corrected chi connectivity index (χ0v) is 17.7. The maximum Gasteiger partial charge on any atom is 0.229 e. The van der Waals surface area contributed by atoms with E-state index in [2.05, 4.69) is 15.0 Å². The minimum atomic E-state index is -3.21. The molecule has 0 amide bonds. The van der Waals surface area contributed by atoms with Crippen LogP contribution in [0.2, 0.25) is 0 Å². The molecule has 4 heterocycles. The Hall–Kier alpha value is -2.52. The SMILES string of the molecule is Cc1ncccc1Oc1ncnc(OC2CC3C=C[C@@H](C2)N3S(=O)(=O)C2CC2)c1C. The fraction of sp³-hybridized carbons (Fsp3) is 0.476. The smallest absolute Gasteiger partial charge is 0.229 e. The van der Waals surface area contributed by atoms with Gasteiger partial charge in [-0.2, -0.15) is 4.31 Å². The van der Waals surface area contributed by atoms with Gasteiger partial charge in [0.15, 0.2) is 5.75 Å². The summed E-state index contributed by atoms with van der Waals surface area (Å²) in [6.07, 6.45) is 9.78. The van der Waals surface area contributed by atoms with E-state index in [9.17, 15) is 8.42 Å². The van der Waals surface area contributed by atoms with Gasteiger partial charge < -0.3 is 9.47 Å². The van der Waals surface area contributed by atoms with Crippen LogP contribution in [0.4, 0.5) is 0 Å². The molecule has 1 saturated heterocycles. The summed E-state index contributed by atoms with van der Waals surface area (Å²) in [6.45, 7) is 3.73. The number of aromatic nitrogens is 3. The second kappa shape index (κ2) is 7.31. The summed E-state index contributed by atoms with van der Waals surface area (Å²) in [7, 11) is -3.21. The van der Waals surface area contributed by atoms with E-state index < -0.39 is 10.0 Å². The van der Waals surface area contributed by atoms with Gasteiger partial charge in [-0.3, -0.25) is 4.98 Å². The van der Waals surface area contributed by atoms with Crippen molar-refractivity contribution in [3.8, 4) is 17.5 Å². The fourth-order valence-electron chi connectivity index (χ4n) is 4.16. The third kappa shape index (κ3) is 3.45. The third-order valence-corrected chi connectivity index (χ3v) is 8.34. The molecular weight excluding hydrogens is 404 g/mol. The molecule has 2 aliphatic heterocycles. The highest BCUT2D eigenvalue weighted by molar-refractivity contribution is 7.90. The molecule has 2 aromatic rings. The Morgan fingerprint density at radius 2 is 1.73 bits per heavy atom. The second-order valence-electron chi connectivity index (χ2n) is 8.10. The van der Waals surface area contributed by atoms with Gasteiger partial charge in [-0.25, -0.2) is 18.4 Å². The van der Waals surface area contributed by atoms with Gasteiger partial charge in [-0.15, -0.1) is 0 Å². The number of pyridine rings is 1. The number of hydrogen-bond donors (Lipinski definition) is 0. The molecule has 0 aromatic carbocycles. The van der Waals surface area contributed by atoms with Gasteiger partial charge in [0, 0.05) is 31.1 Å². The van der Waals surface area contributed by atoms with Crippen LogP contribution in [0.3, 0.4) is 0 Å². The number of nitrogens with zero attached hydrogens (tertiary/aromatic N) is 4. The fourth-order valence-corrected chi connectivity index (χ4v) is 6.31. The van der Waals surface area contributed by atoms with Crippen LogP contribution in [0.25, 0.3) is 0 Å². The molecule has 2 aromatic heterocycles. The van der Waals surface area contributed by atoms with Gasteiger partial charge in [0.05, 0.1) is 16.5 Å². The van der Waals surface area contributed by atoms with Crippen LogP contribution in [-0.2, 0) is 10.0 Å². The molecule has 2 unspecified atom stereocenters. The molecule has 30 heavy (non-hydrogen) atoms. The first-order valence-corrected chi connectivity index (χ1v) is 11.7. The number of rotatable bonds is 6. The minimum absolute atomic E-state index is 0.123. The summed E-state index contributed by atoms with van der Waals surface area (Å²) < 4.78 is 39.4. The molecule has 0 spiro atoms. The summed E-state index contributed by atoms with van der Waals surface area (Å²) in [5.41, 5.74) is 1.47. The van der Waals surface area contributed by atoms with Crippen molar-refractivity contribution in [1.29, 1.82) is 0 Å². The maximum atomic E-state index is 12.8. The van der Waals surface area contributed by atoms with E-state index in [4.69, 9.17) is 9.47 Å². The highest BCUT2D eigenvalue weighted by Crippen LogP contribution is 2.41. The van der Waals surface area contributed by atoms with Gasteiger partial charge in [0.2, 0.25) is 21.8 Å². The van der Waals surface area contributed by atoms with Crippen LogP contribution in [0.5, 0.6) is 17.5 Å². The molecule has 9 heteroatoms. The topological polar surface area (TPSA) is 94.5 Å². The van der Waals surface area contributed by atoms with E-state index in [1.807, 2.05) is 38.1 Å². The van der Waals surface area contributed by atoms with E-state index in [1.54, 1.807) is 10.5 Å². The third-order valence-electron chi connectivity index (χ3n) is 5.89. The maximum absolute atomic E-state index is 12.8. The van der Waals surface area contributed by atoms with Crippen molar-refractivity contribution in [1.82, 2.24) is 19.3 Å². The lowest BCUT2D eigenvalue weighted by Gasteiger charge is -2.38. The highest BCUT2D eigenvalue weighted by Gasteiger charge is 2.50. The Bertz CT molecular complexity index is 1080. The van der Waals surface area contributed by atoms with E-state index in [0.717, 1.165) is 18.5 Å². The molecule has 3 aliphatic rings. The lowest BCUT2D eigenvalue weighted by molar-refractivity contribution is 0.0979. The summed E-state index contributed by atoms with van der Waals surface area (Å²) in [5, 5.41) is -0.195. The van der Waals surface area contributed by atoms with Crippen LogP contribution < -0.4 is 9.47 Å². The Balaban J connectivity index is 1.31. The number of hydrogen-bond acceptors (Lipinski definition) is 7. The quantitative estimate of drug-likeness (QED) is 0.653. The van der Waals surface area contributed by atoms with Crippen LogP contribution in [0.15, 0.2) is 36.8 Å².